The monoisotopic (exact) mass is 565 g/mol. The van der Waals surface area contributed by atoms with Crippen LogP contribution in [0.1, 0.15) is 48.5 Å². The van der Waals surface area contributed by atoms with Crippen molar-refractivity contribution in [3.05, 3.63) is 71.0 Å². The Morgan fingerprint density at radius 1 is 1.17 bits per heavy atom. The number of aromatic hydroxyl groups is 1. The van der Waals surface area contributed by atoms with Crippen molar-refractivity contribution in [1.29, 1.82) is 0 Å². The Labute approximate surface area is 235 Å². The third-order valence-corrected chi connectivity index (χ3v) is 9.01. The van der Waals surface area contributed by atoms with Crippen LogP contribution >= 0.6 is 0 Å². The van der Waals surface area contributed by atoms with Gasteiger partial charge in [-0.15, -0.1) is 0 Å². The molecule has 4 N–H and O–H groups in total. The molecule has 1 saturated heterocycles. The van der Waals surface area contributed by atoms with Gasteiger partial charge in [0.25, 0.3) is 0 Å². The fourth-order valence-corrected chi connectivity index (χ4v) is 7.17. The molecule has 11 heteroatoms. The lowest BCUT2D eigenvalue weighted by Crippen LogP contribution is -2.69. The summed E-state index contributed by atoms with van der Waals surface area (Å²) < 4.78 is 17.6. The van der Waals surface area contributed by atoms with E-state index in [9.17, 15) is 29.7 Å². The van der Waals surface area contributed by atoms with Gasteiger partial charge in [-0.3, -0.25) is 4.79 Å². The topological polar surface area (TPSA) is 163 Å². The number of ether oxygens (including phenoxy) is 3. The number of aliphatic hydroxyl groups excluding tert-OH is 1. The Bertz CT molecular complexity index is 1440. The van der Waals surface area contributed by atoms with Gasteiger partial charge >= 0.3 is 17.9 Å². The highest BCUT2D eigenvalue weighted by Gasteiger charge is 2.71. The summed E-state index contributed by atoms with van der Waals surface area (Å²) in [4.78, 5) is 39.3. The predicted octanol–water partition coefficient (Wildman–Crippen LogP) is 1.72. The molecule has 0 aromatic heterocycles. The van der Waals surface area contributed by atoms with Crippen LogP contribution in [0.5, 0.6) is 11.5 Å². The van der Waals surface area contributed by atoms with E-state index < -0.39 is 53.7 Å². The van der Waals surface area contributed by atoms with E-state index in [1.165, 1.54) is 0 Å². The molecule has 1 fully saturated rings. The molecule has 0 saturated carbocycles. The first-order chi connectivity index (χ1) is 19.6. The van der Waals surface area contributed by atoms with Gasteiger partial charge in [-0.2, -0.15) is 0 Å². The highest BCUT2D eigenvalue weighted by molar-refractivity contribution is 5.84. The molecule has 6 rings (SSSR count). The van der Waals surface area contributed by atoms with Crippen molar-refractivity contribution < 1.29 is 49.0 Å². The first-order valence-corrected chi connectivity index (χ1v) is 13.6. The molecule has 2 bridgehead atoms. The van der Waals surface area contributed by atoms with Gasteiger partial charge in [0.2, 0.25) is 6.10 Å². The summed E-state index contributed by atoms with van der Waals surface area (Å²) in [5.74, 6) is -3.31. The second-order valence-electron chi connectivity index (χ2n) is 11.2. The minimum absolute atomic E-state index is 0.0651. The van der Waals surface area contributed by atoms with Crippen molar-refractivity contribution in [2.45, 2.75) is 67.5 Å². The first-order valence-electron chi connectivity index (χ1n) is 13.6. The molecule has 1 spiro atoms. The van der Waals surface area contributed by atoms with Gasteiger partial charge in [0, 0.05) is 23.6 Å². The van der Waals surface area contributed by atoms with Crippen molar-refractivity contribution in [2.75, 3.05) is 13.6 Å². The smallest absolute Gasteiger partial charge is 0.357 e. The number of esters is 2. The molecule has 6 atom stereocenters. The molecule has 0 unspecified atom stereocenters. The van der Waals surface area contributed by atoms with Crippen LogP contribution in [-0.2, 0) is 35.7 Å². The molecular weight excluding hydrogens is 534 g/mol. The number of likely N-dealkylation sites (tertiary alicyclic amines) is 1. The molecule has 2 aliphatic heterocycles. The van der Waals surface area contributed by atoms with E-state index in [0.29, 0.717) is 12.8 Å². The molecule has 2 aromatic carbocycles. The van der Waals surface area contributed by atoms with E-state index in [0.717, 1.165) is 24.1 Å². The Hall–Kier alpha value is -3.93. The van der Waals surface area contributed by atoms with Gasteiger partial charge in [0.15, 0.2) is 23.7 Å². The molecule has 11 nitrogen and oxygen atoms in total. The van der Waals surface area contributed by atoms with E-state index in [4.69, 9.17) is 19.3 Å². The van der Waals surface area contributed by atoms with Gasteiger partial charge < -0.3 is 39.5 Å². The minimum Gasteiger partial charge on any atom is -0.504 e. The first kappa shape index (κ1) is 27.3. The Kier molecular flexibility index (Phi) is 6.55. The van der Waals surface area contributed by atoms with Crippen molar-refractivity contribution in [1.82, 2.24) is 4.90 Å². The Morgan fingerprint density at radius 2 is 1.93 bits per heavy atom. The number of hydrogen-bond donors (Lipinski definition) is 4. The zero-order valence-electron chi connectivity index (χ0n) is 22.4. The largest absolute Gasteiger partial charge is 0.504 e. The van der Waals surface area contributed by atoms with Crippen molar-refractivity contribution >= 4 is 17.9 Å². The predicted molar refractivity (Wildman–Crippen MR) is 141 cm³/mol. The number of benzene rings is 2. The standard InChI is InChI=1S/C30H31NO10/c1-31-13-5-11-29-23-17-8-9-18(32)25(23)41-26(29)20(10-12-30(29,38)21(31)14-17)39-28(37)24(16-6-3-2-4-7-16)40-22(34)15-19(33)27(35)36/h2-4,6-10,19,21,24,26,32-33,38H,5,11-15H2,1H3,(H,35,36)/t19-,21+,24-,26-,29-,30+/m0/s1. The van der Waals surface area contributed by atoms with Crippen LogP contribution in [-0.4, -0.2) is 80.7 Å². The number of carboxylic acids is 1. The summed E-state index contributed by atoms with van der Waals surface area (Å²) in [7, 11) is 1.98. The number of likely N-dealkylation sites (N-methyl/N-ethyl adjacent to an activating group) is 1. The van der Waals surface area contributed by atoms with Gasteiger partial charge in [-0.05, 0) is 50.6 Å². The number of phenolic OH excluding ortho intramolecular Hbond substituents is 1. The van der Waals surface area contributed by atoms with Gasteiger partial charge in [0.05, 0.1) is 17.4 Å². The molecule has 2 heterocycles. The third kappa shape index (κ3) is 4.10. The maximum Gasteiger partial charge on any atom is 0.357 e. The lowest BCUT2D eigenvalue weighted by atomic mass is 9.52. The highest BCUT2D eigenvalue weighted by atomic mass is 16.6. The Balaban J connectivity index is 1.36. The highest BCUT2D eigenvalue weighted by Crippen LogP contribution is 2.65. The molecule has 4 aliphatic rings. The summed E-state index contributed by atoms with van der Waals surface area (Å²) in [6.07, 6.45) is -1.71. The van der Waals surface area contributed by atoms with Crippen LogP contribution < -0.4 is 4.74 Å². The van der Waals surface area contributed by atoms with Crippen LogP contribution in [0.4, 0.5) is 0 Å². The average Bonchev–Trinajstić information content (AvgIpc) is 3.29. The van der Waals surface area contributed by atoms with E-state index in [1.807, 2.05) is 13.1 Å². The van der Waals surface area contributed by atoms with E-state index >= 15 is 0 Å². The fraction of sp³-hybridized carbons (Fsp3) is 0.433. The van der Waals surface area contributed by atoms with Gasteiger partial charge in [-0.25, -0.2) is 9.59 Å². The number of hydrogen-bond acceptors (Lipinski definition) is 10. The number of carbonyl (C=O) groups is 3. The summed E-state index contributed by atoms with van der Waals surface area (Å²) in [5.41, 5.74) is -0.260. The zero-order valence-corrected chi connectivity index (χ0v) is 22.4. The molecule has 0 amide bonds. The number of rotatable bonds is 7. The van der Waals surface area contributed by atoms with Crippen LogP contribution in [0.2, 0.25) is 0 Å². The Morgan fingerprint density at radius 3 is 2.66 bits per heavy atom. The summed E-state index contributed by atoms with van der Waals surface area (Å²) >= 11 is 0. The van der Waals surface area contributed by atoms with Crippen molar-refractivity contribution in [3.8, 4) is 11.5 Å². The number of aliphatic carboxylic acids is 1. The normalized spacial score (nSPS) is 29.2. The lowest BCUT2D eigenvalue weighted by molar-refractivity contribution is -0.172. The minimum atomic E-state index is -1.99. The number of phenols is 1. The van der Waals surface area contributed by atoms with E-state index in [1.54, 1.807) is 42.5 Å². The second-order valence-corrected chi connectivity index (χ2v) is 11.2. The summed E-state index contributed by atoms with van der Waals surface area (Å²) in [5, 5.41) is 41.7. The molecule has 216 valence electrons. The van der Waals surface area contributed by atoms with E-state index in [2.05, 4.69) is 4.90 Å². The number of carboxylic acid groups (broad SMARTS) is 1. The van der Waals surface area contributed by atoms with Crippen LogP contribution in [0.15, 0.2) is 54.3 Å². The third-order valence-electron chi connectivity index (χ3n) is 9.01. The second kappa shape index (κ2) is 9.86. The average molecular weight is 566 g/mol. The lowest BCUT2D eigenvalue weighted by Gasteiger charge is -2.56. The summed E-state index contributed by atoms with van der Waals surface area (Å²) in [6.45, 7) is 0.750. The summed E-state index contributed by atoms with van der Waals surface area (Å²) in [6, 6.07) is 11.3. The van der Waals surface area contributed by atoms with Crippen molar-refractivity contribution in [3.63, 3.8) is 0 Å². The van der Waals surface area contributed by atoms with E-state index in [-0.39, 0.29) is 35.3 Å². The maximum atomic E-state index is 13.6. The van der Waals surface area contributed by atoms with Gasteiger partial charge in [0.1, 0.15) is 5.76 Å². The number of carbonyl (C=O) groups excluding carboxylic acids is 2. The SMILES string of the molecule is CN1CCC[C@]23c4c5ccc(O)c4O[C@H]2C(OC(=O)[C@@H](OC(=O)C[C@H](O)C(=O)O)c2ccccc2)=CC[C@@]3(O)[C@H]1C5. The quantitative estimate of drug-likeness (QED) is 0.362. The van der Waals surface area contributed by atoms with Gasteiger partial charge in [-0.1, -0.05) is 36.4 Å². The fourth-order valence-electron chi connectivity index (χ4n) is 7.17. The molecule has 2 aliphatic carbocycles. The van der Waals surface area contributed by atoms with Crippen LogP contribution in [0.3, 0.4) is 0 Å². The zero-order chi connectivity index (χ0) is 29.1. The molecular formula is C30H31NO10. The number of nitrogens with zero attached hydrogens (tertiary/aromatic N) is 1. The number of aliphatic hydroxyl groups is 2. The molecule has 0 radical (unpaired) electrons. The van der Waals surface area contributed by atoms with Crippen molar-refractivity contribution in [2.24, 2.45) is 0 Å². The van der Waals surface area contributed by atoms with Crippen LogP contribution in [0, 0.1) is 0 Å². The molecule has 41 heavy (non-hydrogen) atoms. The molecule has 2 aromatic rings. The maximum absolute atomic E-state index is 13.6. The van der Waals surface area contributed by atoms with Crippen LogP contribution in [0.25, 0.3) is 0 Å².